The van der Waals surface area contributed by atoms with E-state index in [0.717, 1.165) is 5.56 Å². The second-order valence-electron chi connectivity index (χ2n) is 9.45. The first-order valence-corrected chi connectivity index (χ1v) is 12.9. The number of ketones is 1. The molecule has 41 heavy (non-hydrogen) atoms. The van der Waals surface area contributed by atoms with Crippen LogP contribution in [-0.4, -0.2) is 79.3 Å². The number of carbonyl (C=O) groups is 3. The lowest BCUT2D eigenvalue weighted by atomic mass is 10.1. The van der Waals surface area contributed by atoms with Crippen LogP contribution >= 0.6 is 0 Å². The van der Waals surface area contributed by atoms with Crippen LogP contribution in [0, 0.1) is 0 Å². The molecule has 1 saturated heterocycles. The van der Waals surface area contributed by atoms with Gasteiger partial charge in [-0.15, -0.1) is 0 Å². The lowest BCUT2D eigenvalue weighted by Crippen LogP contribution is -2.50. The standard InChI is InChI=1S/C30H25N7O4/c1-18-17-36(13-14-37(18)29(39)20-11-7-4-8-12-20)30(40)26(38)21-15-31-24-23(21)22(41-2)16-32-25(24)28-33-27(34-35-28)19-9-5-3-6-10-19/h3-12,15-16,31H,1,13-14,17H2,2H3,(H,33,34,35). The van der Waals surface area contributed by atoms with E-state index in [1.807, 2.05) is 36.4 Å². The molecule has 0 aliphatic carbocycles. The Labute approximate surface area is 234 Å². The molecule has 0 spiro atoms. The zero-order valence-electron chi connectivity index (χ0n) is 22.1. The molecule has 0 atom stereocenters. The number of hydrogen-bond acceptors (Lipinski definition) is 7. The summed E-state index contributed by atoms with van der Waals surface area (Å²) in [7, 11) is 1.47. The molecule has 0 radical (unpaired) electrons. The van der Waals surface area contributed by atoms with Crippen molar-refractivity contribution in [3.8, 4) is 28.7 Å². The average molecular weight is 548 g/mol. The maximum absolute atomic E-state index is 13.5. The molecule has 204 valence electrons. The minimum Gasteiger partial charge on any atom is -0.494 e. The Bertz CT molecular complexity index is 1790. The number of pyridine rings is 1. The molecule has 6 rings (SSSR count). The van der Waals surface area contributed by atoms with Crippen LogP contribution in [0.25, 0.3) is 33.8 Å². The number of carbonyl (C=O) groups excluding carboxylic acids is 3. The van der Waals surface area contributed by atoms with Gasteiger partial charge in [0.2, 0.25) is 0 Å². The average Bonchev–Trinajstić information content (AvgIpc) is 3.69. The van der Waals surface area contributed by atoms with Gasteiger partial charge in [0.05, 0.1) is 36.3 Å². The number of hydrogen-bond donors (Lipinski definition) is 2. The lowest BCUT2D eigenvalue weighted by molar-refractivity contribution is -0.127. The first-order valence-electron chi connectivity index (χ1n) is 12.9. The van der Waals surface area contributed by atoms with Crippen LogP contribution < -0.4 is 4.74 Å². The van der Waals surface area contributed by atoms with E-state index in [9.17, 15) is 14.4 Å². The highest BCUT2D eigenvalue weighted by molar-refractivity contribution is 6.45. The predicted octanol–water partition coefficient (Wildman–Crippen LogP) is 3.70. The molecule has 0 unspecified atom stereocenters. The Balaban J connectivity index is 1.26. The van der Waals surface area contributed by atoms with E-state index in [2.05, 4.69) is 31.7 Å². The topological polar surface area (TPSA) is 137 Å². The monoisotopic (exact) mass is 547 g/mol. The van der Waals surface area contributed by atoms with Crippen molar-refractivity contribution < 1.29 is 19.1 Å². The van der Waals surface area contributed by atoms with Gasteiger partial charge < -0.3 is 19.5 Å². The van der Waals surface area contributed by atoms with Crippen LogP contribution in [0.1, 0.15) is 20.7 Å². The normalized spacial score (nSPS) is 13.4. The van der Waals surface area contributed by atoms with Gasteiger partial charge >= 0.3 is 0 Å². The molecule has 1 fully saturated rings. The molecule has 1 aliphatic heterocycles. The maximum Gasteiger partial charge on any atom is 0.295 e. The fourth-order valence-corrected chi connectivity index (χ4v) is 4.89. The van der Waals surface area contributed by atoms with Crippen LogP contribution in [0.2, 0.25) is 0 Å². The molecule has 11 nitrogen and oxygen atoms in total. The molecule has 5 aromatic rings. The van der Waals surface area contributed by atoms with Crippen molar-refractivity contribution in [3.05, 3.63) is 96.5 Å². The van der Waals surface area contributed by atoms with Gasteiger partial charge in [-0.2, -0.15) is 5.10 Å². The number of Topliss-reactive ketones (excluding diaryl/α,β-unsaturated/α-hetero) is 1. The zero-order chi connectivity index (χ0) is 28.5. The van der Waals surface area contributed by atoms with Gasteiger partial charge in [-0.25, -0.2) is 9.97 Å². The van der Waals surface area contributed by atoms with Crippen molar-refractivity contribution in [3.63, 3.8) is 0 Å². The van der Waals surface area contributed by atoms with Crippen molar-refractivity contribution in [1.29, 1.82) is 0 Å². The number of fused-ring (bicyclic) bond motifs is 1. The van der Waals surface area contributed by atoms with Crippen molar-refractivity contribution in [1.82, 2.24) is 34.9 Å². The number of nitrogens with one attached hydrogen (secondary N) is 2. The molecule has 11 heteroatoms. The van der Waals surface area contributed by atoms with Crippen molar-refractivity contribution in [2.75, 3.05) is 26.7 Å². The summed E-state index contributed by atoms with van der Waals surface area (Å²) in [6.45, 7) is 4.46. The quantitative estimate of drug-likeness (QED) is 0.244. The molecular formula is C30H25N7O4. The summed E-state index contributed by atoms with van der Waals surface area (Å²) >= 11 is 0. The van der Waals surface area contributed by atoms with E-state index < -0.39 is 11.7 Å². The summed E-state index contributed by atoms with van der Waals surface area (Å²) in [5, 5.41) is 7.62. The number of aromatic nitrogens is 5. The number of methoxy groups -OCH3 is 1. The maximum atomic E-state index is 13.5. The summed E-state index contributed by atoms with van der Waals surface area (Å²) in [4.78, 5) is 54.9. The van der Waals surface area contributed by atoms with Crippen LogP contribution in [0.3, 0.4) is 0 Å². The molecule has 2 aromatic carbocycles. The van der Waals surface area contributed by atoms with Gasteiger partial charge in [0.25, 0.3) is 17.6 Å². The van der Waals surface area contributed by atoms with Gasteiger partial charge in [0, 0.05) is 36.1 Å². The Morgan fingerprint density at radius 1 is 1.00 bits per heavy atom. The van der Waals surface area contributed by atoms with Crippen molar-refractivity contribution in [2.24, 2.45) is 0 Å². The second kappa shape index (κ2) is 10.5. The van der Waals surface area contributed by atoms with E-state index in [-0.39, 0.29) is 31.1 Å². The Kier molecular flexibility index (Phi) is 6.60. The highest BCUT2D eigenvalue weighted by Gasteiger charge is 2.33. The number of ether oxygens (including phenoxy) is 1. The molecular weight excluding hydrogens is 522 g/mol. The second-order valence-corrected chi connectivity index (χ2v) is 9.45. The number of benzene rings is 2. The molecule has 2 N–H and O–H groups in total. The largest absolute Gasteiger partial charge is 0.494 e. The number of H-pyrrole nitrogens is 2. The van der Waals surface area contributed by atoms with E-state index in [4.69, 9.17) is 4.74 Å². The molecule has 1 aliphatic rings. The Morgan fingerprint density at radius 3 is 2.44 bits per heavy atom. The summed E-state index contributed by atoms with van der Waals surface area (Å²) in [6.07, 6.45) is 2.95. The number of aromatic amines is 2. The highest BCUT2D eigenvalue weighted by atomic mass is 16.5. The van der Waals surface area contributed by atoms with Crippen LogP contribution in [0.4, 0.5) is 0 Å². The van der Waals surface area contributed by atoms with E-state index >= 15 is 0 Å². The number of amides is 2. The SMILES string of the molecule is C=C1CN(C(=O)C(=O)c2c[nH]c3c(-c4nc(-c5ccccc5)n[nH]4)ncc(OC)c23)CCN1C(=O)c1ccccc1. The smallest absolute Gasteiger partial charge is 0.295 e. The van der Waals surface area contributed by atoms with Crippen molar-refractivity contribution >= 4 is 28.5 Å². The first-order chi connectivity index (χ1) is 20.0. The Morgan fingerprint density at radius 2 is 1.73 bits per heavy atom. The number of nitrogens with zero attached hydrogens (tertiary/aromatic N) is 5. The molecule has 0 saturated carbocycles. The third-order valence-electron chi connectivity index (χ3n) is 6.98. The molecule has 3 aromatic heterocycles. The summed E-state index contributed by atoms with van der Waals surface area (Å²) < 4.78 is 5.50. The molecule has 4 heterocycles. The van der Waals surface area contributed by atoms with Crippen molar-refractivity contribution in [2.45, 2.75) is 0 Å². The fourth-order valence-electron chi connectivity index (χ4n) is 4.89. The Hall–Kier alpha value is -5.58. The molecule has 2 amide bonds. The van der Waals surface area contributed by atoms with E-state index in [1.54, 1.807) is 24.3 Å². The summed E-state index contributed by atoms with van der Waals surface area (Å²) in [5.74, 6) is -0.409. The molecule has 0 bridgehead atoms. The van der Waals surface area contributed by atoms with E-state index in [1.165, 1.54) is 29.3 Å². The van der Waals surface area contributed by atoms with Gasteiger partial charge in [0.15, 0.2) is 11.6 Å². The zero-order valence-corrected chi connectivity index (χ0v) is 22.1. The first kappa shape index (κ1) is 25.7. The van der Waals surface area contributed by atoms with Gasteiger partial charge in [-0.1, -0.05) is 55.1 Å². The third kappa shape index (κ3) is 4.63. The fraction of sp³-hybridized carbons (Fsp3) is 0.133. The summed E-state index contributed by atoms with van der Waals surface area (Å²) in [5.41, 5.74) is 2.83. The minimum absolute atomic E-state index is 0.0514. The minimum atomic E-state index is -0.718. The number of piperazine rings is 1. The predicted molar refractivity (Wildman–Crippen MR) is 151 cm³/mol. The highest BCUT2D eigenvalue weighted by Crippen LogP contribution is 2.34. The van der Waals surface area contributed by atoms with Crippen LogP contribution in [0.5, 0.6) is 5.75 Å². The van der Waals surface area contributed by atoms with Crippen LogP contribution in [-0.2, 0) is 4.79 Å². The third-order valence-corrected chi connectivity index (χ3v) is 6.98. The van der Waals surface area contributed by atoms with Gasteiger partial charge in [0.1, 0.15) is 11.4 Å². The lowest BCUT2D eigenvalue weighted by Gasteiger charge is -2.36. The van der Waals surface area contributed by atoms with Crippen LogP contribution in [0.15, 0.2) is 85.3 Å². The van der Waals surface area contributed by atoms with E-state index in [0.29, 0.717) is 45.3 Å². The van der Waals surface area contributed by atoms with Gasteiger partial charge in [-0.3, -0.25) is 19.5 Å². The summed E-state index contributed by atoms with van der Waals surface area (Å²) in [6, 6.07) is 18.4. The number of rotatable bonds is 6. The van der Waals surface area contributed by atoms with Gasteiger partial charge in [-0.05, 0) is 12.1 Å².